The van der Waals surface area contributed by atoms with Crippen LogP contribution in [-0.4, -0.2) is 71.7 Å². The average molecular weight is 438 g/mol. The lowest BCUT2D eigenvalue weighted by Gasteiger charge is -2.41. The van der Waals surface area contributed by atoms with Crippen molar-refractivity contribution in [3.8, 4) is 0 Å². The molecule has 5 heterocycles. The third-order valence-electron chi connectivity index (χ3n) is 6.92. The Balaban J connectivity index is 1.29. The van der Waals surface area contributed by atoms with Gasteiger partial charge in [0, 0.05) is 52.0 Å². The molecular formula is C24H31N5OS. The highest BCUT2D eigenvalue weighted by molar-refractivity contribution is 7.07. The normalized spacial score (nSPS) is 23.6. The van der Waals surface area contributed by atoms with Gasteiger partial charge in [-0.2, -0.15) is 11.3 Å². The third kappa shape index (κ3) is 4.24. The van der Waals surface area contributed by atoms with Crippen molar-refractivity contribution >= 4 is 22.8 Å². The van der Waals surface area contributed by atoms with Crippen LogP contribution in [0.15, 0.2) is 41.2 Å². The maximum Gasteiger partial charge on any atom is 0.138 e. The summed E-state index contributed by atoms with van der Waals surface area (Å²) in [5.74, 6) is 2.13. The number of pyridine rings is 1. The average Bonchev–Trinajstić information content (AvgIpc) is 3.29. The summed E-state index contributed by atoms with van der Waals surface area (Å²) in [6.07, 6.45) is 5.10. The van der Waals surface area contributed by atoms with E-state index in [2.05, 4.69) is 60.3 Å². The van der Waals surface area contributed by atoms with Gasteiger partial charge in [0.25, 0.3) is 0 Å². The van der Waals surface area contributed by atoms with Crippen LogP contribution in [0.2, 0.25) is 0 Å². The number of aromatic nitrogens is 2. The van der Waals surface area contributed by atoms with Gasteiger partial charge in [-0.3, -0.25) is 14.2 Å². The minimum atomic E-state index is 0.366. The molecule has 0 unspecified atom stereocenters. The van der Waals surface area contributed by atoms with Crippen molar-refractivity contribution < 1.29 is 4.74 Å². The molecular weight excluding hydrogens is 406 g/mol. The van der Waals surface area contributed by atoms with Gasteiger partial charge < -0.3 is 9.64 Å². The summed E-state index contributed by atoms with van der Waals surface area (Å²) >= 11 is 1.79. The summed E-state index contributed by atoms with van der Waals surface area (Å²) in [5.41, 5.74) is 3.71. The predicted molar refractivity (Wildman–Crippen MR) is 125 cm³/mol. The molecule has 3 aromatic rings. The van der Waals surface area contributed by atoms with E-state index in [1.54, 1.807) is 11.3 Å². The van der Waals surface area contributed by atoms with E-state index in [-0.39, 0.29) is 0 Å². The Morgan fingerprint density at radius 3 is 2.77 bits per heavy atom. The molecule has 0 radical (unpaired) electrons. The zero-order valence-electron chi connectivity index (χ0n) is 18.0. The molecule has 1 aliphatic carbocycles. The molecule has 0 bridgehead atoms. The number of hydrogen-bond acceptors (Lipinski definition) is 6. The van der Waals surface area contributed by atoms with E-state index in [1.807, 2.05) is 0 Å². The molecule has 0 aromatic carbocycles. The molecule has 3 aromatic heterocycles. The molecule has 7 heteroatoms. The number of fused-ring (bicyclic) bond motifs is 1. The molecule has 164 valence electrons. The second-order valence-electron chi connectivity index (χ2n) is 9.20. The van der Waals surface area contributed by atoms with E-state index in [0.29, 0.717) is 6.04 Å². The lowest BCUT2D eigenvalue weighted by molar-refractivity contribution is 0.0640. The van der Waals surface area contributed by atoms with Crippen molar-refractivity contribution in [1.29, 1.82) is 0 Å². The summed E-state index contributed by atoms with van der Waals surface area (Å²) in [5, 5.41) is 4.47. The Bertz CT molecular complexity index is 1010. The monoisotopic (exact) mass is 437 g/mol. The van der Waals surface area contributed by atoms with Gasteiger partial charge in [0.2, 0.25) is 0 Å². The van der Waals surface area contributed by atoms with Crippen LogP contribution in [-0.2, 0) is 11.3 Å². The van der Waals surface area contributed by atoms with Crippen LogP contribution in [0.25, 0.3) is 5.65 Å². The molecule has 0 amide bonds. The molecule has 31 heavy (non-hydrogen) atoms. The Morgan fingerprint density at radius 2 is 1.97 bits per heavy atom. The van der Waals surface area contributed by atoms with E-state index < -0.39 is 0 Å². The number of thiophene rings is 1. The third-order valence-corrected chi connectivity index (χ3v) is 7.65. The number of hydrogen-bond donors (Lipinski definition) is 0. The zero-order chi connectivity index (χ0) is 20.6. The first kappa shape index (κ1) is 19.7. The number of anilines is 1. The Morgan fingerprint density at radius 1 is 1.06 bits per heavy atom. The fourth-order valence-electron chi connectivity index (χ4n) is 5.02. The molecule has 6 rings (SSSR count). The highest BCUT2D eigenvalue weighted by Crippen LogP contribution is 2.35. The van der Waals surface area contributed by atoms with Crippen LogP contribution < -0.4 is 4.90 Å². The lowest BCUT2D eigenvalue weighted by atomic mass is 10.1. The maximum absolute atomic E-state index is 5.57. The van der Waals surface area contributed by atoms with Crippen LogP contribution in [0.5, 0.6) is 0 Å². The van der Waals surface area contributed by atoms with Crippen LogP contribution in [0.4, 0.5) is 5.82 Å². The molecule has 3 fully saturated rings. The first-order chi connectivity index (χ1) is 15.3. The minimum absolute atomic E-state index is 0.366. The van der Waals surface area contributed by atoms with Gasteiger partial charge in [0.1, 0.15) is 11.5 Å². The van der Waals surface area contributed by atoms with Gasteiger partial charge in [-0.25, -0.2) is 4.98 Å². The summed E-state index contributed by atoms with van der Waals surface area (Å²) in [6, 6.07) is 9.13. The number of rotatable bonds is 6. The lowest BCUT2D eigenvalue weighted by Crippen LogP contribution is -2.48. The van der Waals surface area contributed by atoms with Gasteiger partial charge in [0.05, 0.1) is 24.9 Å². The van der Waals surface area contributed by atoms with Crippen molar-refractivity contribution in [1.82, 2.24) is 19.2 Å². The SMILES string of the molecule is c1cc(N2CCOCC2)n2cc([C@H]3CN(Cc4ccsc4)CCN3CC3CC3)nc2c1. The summed E-state index contributed by atoms with van der Waals surface area (Å²) in [4.78, 5) is 12.9. The van der Waals surface area contributed by atoms with E-state index in [1.165, 1.54) is 36.5 Å². The number of morpholine rings is 1. The quantitative estimate of drug-likeness (QED) is 0.590. The standard InChI is InChI=1S/C24H31N5OS/c1-2-23-25-21(16-29(23)24(3-1)27-9-11-30-12-10-27)22-17-26(14-20-6-13-31-18-20)7-8-28(22)15-19-4-5-19/h1-3,6,13,16,18-19,22H,4-5,7-12,14-15,17H2/t22-/m1/s1. The summed E-state index contributed by atoms with van der Waals surface area (Å²) < 4.78 is 7.87. The largest absolute Gasteiger partial charge is 0.378 e. The summed E-state index contributed by atoms with van der Waals surface area (Å²) in [7, 11) is 0. The van der Waals surface area contributed by atoms with Crippen molar-refractivity contribution in [3.05, 3.63) is 52.5 Å². The number of piperazine rings is 1. The fourth-order valence-corrected chi connectivity index (χ4v) is 5.68. The molecule has 0 spiro atoms. The first-order valence-corrected chi connectivity index (χ1v) is 12.6. The fraction of sp³-hybridized carbons (Fsp3) is 0.542. The minimum Gasteiger partial charge on any atom is -0.378 e. The second-order valence-corrected chi connectivity index (χ2v) is 9.98. The van der Waals surface area contributed by atoms with Crippen molar-refractivity contribution in [2.75, 3.05) is 57.4 Å². The Hall–Kier alpha value is -1.93. The van der Waals surface area contributed by atoms with Crippen LogP contribution in [0, 0.1) is 5.92 Å². The van der Waals surface area contributed by atoms with Crippen LogP contribution in [0.1, 0.15) is 30.1 Å². The van der Waals surface area contributed by atoms with Gasteiger partial charge in [-0.15, -0.1) is 0 Å². The van der Waals surface area contributed by atoms with Gasteiger partial charge >= 0.3 is 0 Å². The van der Waals surface area contributed by atoms with Crippen molar-refractivity contribution in [3.63, 3.8) is 0 Å². The summed E-state index contributed by atoms with van der Waals surface area (Å²) in [6.45, 7) is 9.09. The van der Waals surface area contributed by atoms with E-state index in [4.69, 9.17) is 9.72 Å². The van der Waals surface area contributed by atoms with Gasteiger partial charge in [-0.05, 0) is 53.3 Å². The Kier molecular flexibility index (Phi) is 5.44. The highest BCUT2D eigenvalue weighted by atomic mass is 32.1. The Labute approximate surface area is 188 Å². The number of ether oxygens (including phenoxy) is 1. The number of imidazole rings is 1. The van der Waals surface area contributed by atoms with Crippen LogP contribution in [0.3, 0.4) is 0 Å². The molecule has 2 aliphatic heterocycles. The molecule has 1 atom stereocenters. The second kappa shape index (κ2) is 8.54. The smallest absolute Gasteiger partial charge is 0.138 e. The molecule has 2 saturated heterocycles. The van der Waals surface area contributed by atoms with Crippen molar-refractivity contribution in [2.24, 2.45) is 5.92 Å². The van der Waals surface area contributed by atoms with E-state index in [0.717, 1.165) is 64.0 Å². The molecule has 6 nitrogen and oxygen atoms in total. The van der Waals surface area contributed by atoms with Crippen molar-refractivity contribution in [2.45, 2.75) is 25.4 Å². The maximum atomic E-state index is 5.57. The number of nitrogens with zero attached hydrogens (tertiary/aromatic N) is 5. The topological polar surface area (TPSA) is 36.3 Å². The van der Waals surface area contributed by atoms with E-state index >= 15 is 0 Å². The van der Waals surface area contributed by atoms with E-state index in [9.17, 15) is 0 Å². The molecule has 3 aliphatic rings. The first-order valence-electron chi connectivity index (χ1n) is 11.6. The molecule has 1 saturated carbocycles. The highest BCUT2D eigenvalue weighted by Gasteiger charge is 2.34. The molecule has 0 N–H and O–H groups in total. The predicted octanol–water partition coefficient (Wildman–Crippen LogP) is 3.50. The zero-order valence-corrected chi connectivity index (χ0v) is 18.8. The van der Waals surface area contributed by atoms with Gasteiger partial charge in [-0.1, -0.05) is 6.07 Å². The van der Waals surface area contributed by atoms with Crippen LogP contribution >= 0.6 is 11.3 Å². The van der Waals surface area contributed by atoms with Gasteiger partial charge in [0.15, 0.2) is 0 Å².